The third-order valence-corrected chi connectivity index (χ3v) is 8.38. The molecule has 26 heavy (non-hydrogen) atoms. The molecule has 6 atom stereocenters. The lowest BCUT2D eigenvalue weighted by atomic mass is 9.47. The molecule has 6 nitrogen and oxygen atoms in total. The van der Waals surface area contributed by atoms with Crippen LogP contribution in [-0.2, 0) is 19.4 Å². The van der Waals surface area contributed by atoms with Gasteiger partial charge in [0.25, 0.3) is 0 Å². The fourth-order valence-electron chi connectivity index (χ4n) is 6.65. The molecular formula is C19H27O6S-. The van der Waals surface area contributed by atoms with Gasteiger partial charge in [-0.1, -0.05) is 18.6 Å². The monoisotopic (exact) mass is 383 g/mol. The molecule has 3 saturated carbocycles. The number of rotatable bonds is 3. The van der Waals surface area contributed by atoms with Gasteiger partial charge in [-0.2, -0.15) is 0 Å². The molecule has 0 amide bonds. The van der Waals surface area contributed by atoms with Crippen LogP contribution < -0.4 is 0 Å². The van der Waals surface area contributed by atoms with Crippen LogP contribution in [-0.4, -0.2) is 36.6 Å². The van der Waals surface area contributed by atoms with Gasteiger partial charge in [0.1, 0.15) is 5.78 Å². The molecule has 6 unspecified atom stereocenters. The van der Waals surface area contributed by atoms with Gasteiger partial charge in [0.15, 0.2) is 0 Å². The molecule has 146 valence electrons. The lowest BCUT2D eigenvalue weighted by molar-refractivity contribution is -0.132. The van der Waals surface area contributed by atoms with Gasteiger partial charge in [-0.3, -0.25) is 8.98 Å². The molecule has 1 N–H and O–H groups in total. The van der Waals surface area contributed by atoms with Crippen molar-refractivity contribution in [1.29, 1.82) is 0 Å². The highest BCUT2D eigenvalue weighted by Crippen LogP contribution is 2.64. The predicted molar refractivity (Wildman–Crippen MR) is 92.7 cm³/mol. The maximum atomic E-state index is 12.5. The second-order valence-corrected chi connectivity index (χ2v) is 10.0. The third kappa shape index (κ3) is 2.79. The first-order valence-corrected chi connectivity index (χ1v) is 11.0. The number of Topliss-reactive ketones (excluding diaryl/α,β-unsaturated/α-hetero) is 1. The lowest BCUT2D eigenvalue weighted by Gasteiger charge is -2.57. The first-order valence-electron chi connectivity index (χ1n) is 9.67. The third-order valence-electron chi connectivity index (χ3n) is 7.97. The highest BCUT2D eigenvalue weighted by Gasteiger charge is 2.60. The smallest absolute Gasteiger partial charge is 0.217 e. The zero-order valence-electron chi connectivity index (χ0n) is 15.1. The Bertz CT molecular complexity index is 743. The number of ketones is 1. The normalized spacial score (nSPS) is 45.5. The van der Waals surface area contributed by atoms with Crippen LogP contribution in [0.3, 0.4) is 0 Å². The van der Waals surface area contributed by atoms with E-state index in [0.717, 1.165) is 31.3 Å². The second kappa shape index (κ2) is 6.12. The standard InChI is InChI=1S/C19H28O6S/c1-18-8-7-16-14(15(18)4-5-17(18)21)3-2-12-10-13(20)6-9-19(12,16)11-25-26(22,23)24/h2,13-16,20H,3-11H2,1H3,(H,22,23,24)/p-1. The molecule has 3 fully saturated rings. The van der Waals surface area contributed by atoms with E-state index in [-0.39, 0.29) is 17.9 Å². The van der Waals surface area contributed by atoms with Crippen molar-refractivity contribution in [3.05, 3.63) is 11.6 Å². The highest BCUT2D eigenvalue weighted by atomic mass is 32.3. The average Bonchev–Trinajstić information content (AvgIpc) is 2.88. The van der Waals surface area contributed by atoms with Gasteiger partial charge in [-0.15, -0.1) is 0 Å². The van der Waals surface area contributed by atoms with Crippen LogP contribution in [0.15, 0.2) is 11.6 Å². The molecule has 4 aliphatic rings. The summed E-state index contributed by atoms with van der Waals surface area (Å²) >= 11 is 0. The maximum absolute atomic E-state index is 12.5. The van der Waals surface area contributed by atoms with Crippen LogP contribution in [0.25, 0.3) is 0 Å². The topological polar surface area (TPSA) is 104 Å². The molecule has 4 rings (SSSR count). The van der Waals surface area contributed by atoms with Crippen molar-refractivity contribution in [1.82, 2.24) is 0 Å². The van der Waals surface area contributed by atoms with Gasteiger partial charge < -0.3 is 9.66 Å². The number of fused-ring (bicyclic) bond motifs is 5. The Balaban J connectivity index is 1.71. The van der Waals surface area contributed by atoms with Crippen LogP contribution in [0.4, 0.5) is 0 Å². The van der Waals surface area contributed by atoms with Crippen molar-refractivity contribution in [2.24, 2.45) is 28.6 Å². The number of carbonyl (C=O) groups excluding carboxylic acids is 1. The molecule has 0 aromatic rings. The van der Waals surface area contributed by atoms with E-state index in [1.165, 1.54) is 0 Å². The van der Waals surface area contributed by atoms with Crippen molar-refractivity contribution in [2.75, 3.05) is 6.61 Å². The minimum absolute atomic E-state index is 0.129. The number of aliphatic hydroxyl groups excluding tert-OH is 1. The summed E-state index contributed by atoms with van der Waals surface area (Å²) in [6.07, 6.45) is 7.53. The molecule has 4 aliphatic carbocycles. The number of hydrogen-bond acceptors (Lipinski definition) is 6. The van der Waals surface area contributed by atoms with Crippen LogP contribution >= 0.6 is 0 Å². The SMILES string of the molecule is CC12CCC3C(CC=C4CC(O)CCC43COS(=O)(=O)[O-])C1CCC2=O. The van der Waals surface area contributed by atoms with Crippen LogP contribution in [0.1, 0.15) is 58.3 Å². The Kier molecular flexibility index (Phi) is 4.38. The molecule has 0 aliphatic heterocycles. The van der Waals surface area contributed by atoms with Crippen molar-refractivity contribution in [3.8, 4) is 0 Å². The summed E-state index contributed by atoms with van der Waals surface area (Å²) in [6, 6.07) is 0. The van der Waals surface area contributed by atoms with E-state index in [1.807, 2.05) is 0 Å². The highest BCUT2D eigenvalue weighted by molar-refractivity contribution is 7.80. The summed E-state index contributed by atoms with van der Waals surface area (Å²) in [5.41, 5.74) is 0.300. The summed E-state index contributed by atoms with van der Waals surface area (Å²) in [4.78, 5) is 12.5. The summed E-state index contributed by atoms with van der Waals surface area (Å²) in [5, 5.41) is 10.1. The van der Waals surface area contributed by atoms with E-state index < -0.39 is 21.9 Å². The van der Waals surface area contributed by atoms with Gasteiger partial charge in [0.2, 0.25) is 10.4 Å². The van der Waals surface area contributed by atoms with Crippen molar-refractivity contribution in [2.45, 2.75) is 64.4 Å². The van der Waals surface area contributed by atoms with Crippen LogP contribution in [0.2, 0.25) is 0 Å². The fourth-order valence-corrected chi connectivity index (χ4v) is 7.01. The molecular weight excluding hydrogens is 356 g/mol. The predicted octanol–water partition coefficient (Wildman–Crippen LogP) is 2.34. The van der Waals surface area contributed by atoms with Crippen molar-refractivity contribution >= 4 is 16.2 Å². The van der Waals surface area contributed by atoms with Crippen LogP contribution in [0, 0.1) is 28.6 Å². The molecule has 0 heterocycles. The molecule has 0 bridgehead atoms. The molecule has 7 heteroatoms. The van der Waals surface area contributed by atoms with E-state index >= 15 is 0 Å². The van der Waals surface area contributed by atoms with Crippen molar-refractivity contribution in [3.63, 3.8) is 0 Å². The molecule has 0 aromatic carbocycles. The summed E-state index contributed by atoms with van der Waals surface area (Å²) in [6.45, 7) is 1.97. The Labute approximate surface area is 155 Å². The van der Waals surface area contributed by atoms with Gasteiger partial charge in [0, 0.05) is 17.3 Å². The minimum Gasteiger partial charge on any atom is -0.726 e. The first kappa shape index (κ1) is 18.6. The largest absolute Gasteiger partial charge is 0.726 e. The van der Waals surface area contributed by atoms with Gasteiger partial charge in [-0.05, 0) is 62.7 Å². The van der Waals surface area contributed by atoms with E-state index in [0.29, 0.717) is 43.3 Å². The number of carbonyl (C=O) groups is 1. The zero-order valence-corrected chi connectivity index (χ0v) is 16.0. The lowest BCUT2D eigenvalue weighted by Crippen LogP contribution is -2.53. The number of allylic oxidation sites excluding steroid dienone is 1. The first-order chi connectivity index (χ1) is 12.2. The maximum Gasteiger partial charge on any atom is 0.217 e. The van der Waals surface area contributed by atoms with Crippen LogP contribution in [0.5, 0.6) is 0 Å². The average molecular weight is 383 g/mol. The Hall–Kier alpha value is -0.760. The summed E-state index contributed by atoms with van der Waals surface area (Å²) in [5.74, 6) is 1.21. The van der Waals surface area contributed by atoms with E-state index in [2.05, 4.69) is 13.0 Å². The molecule has 0 spiro atoms. The Morgan fingerprint density at radius 2 is 2.04 bits per heavy atom. The summed E-state index contributed by atoms with van der Waals surface area (Å²) < 4.78 is 38.3. The second-order valence-electron chi connectivity index (χ2n) is 8.98. The van der Waals surface area contributed by atoms with E-state index in [4.69, 9.17) is 4.18 Å². The zero-order chi connectivity index (χ0) is 18.7. The molecule has 0 radical (unpaired) electrons. The van der Waals surface area contributed by atoms with Crippen molar-refractivity contribution < 1.29 is 27.1 Å². The Morgan fingerprint density at radius 3 is 2.77 bits per heavy atom. The van der Waals surface area contributed by atoms with E-state index in [1.54, 1.807) is 0 Å². The molecule has 0 aromatic heterocycles. The van der Waals surface area contributed by atoms with Gasteiger partial charge in [-0.25, -0.2) is 8.42 Å². The number of aliphatic hydroxyl groups is 1. The van der Waals surface area contributed by atoms with E-state index in [9.17, 15) is 22.9 Å². The minimum atomic E-state index is -4.76. The van der Waals surface area contributed by atoms with Gasteiger partial charge in [0.05, 0.1) is 12.7 Å². The Morgan fingerprint density at radius 1 is 1.27 bits per heavy atom. The summed E-state index contributed by atoms with van der Waals surface area (Å²) in [7, 11) is -4.76. The fraction of sp³-hybridized carbons (Fsp3) is 0.842. The van der Waals surface area contributed by atoms with Gasteiger partial charge >= 0.3 is 0 Å². The quantitative estimate of drug-likeness (QED) is 0.456. The number of hydrogen-bond donors (Lipinski definition) is 1. The molecule has 0 saturated heterocycles.